The second-order valence-corrected chi connectivity index (χ2v) is 11.0. The average Bonchev–Trinajstić information content (AvgIpc) is 2.32. The number of sulfonamides is 1. The van der Waals surface area contributed by atoms with E-state index in [1.54, 1.807) is 11.4 Å². The first-order chi connectivity index (χ1) is 9.21. The highest BCUT2D eigenvalue weighted by Gasteiger charge is 2.40. The van der Waals surface area contributed by atoms with E-state index in [0.29, 0.717) is 13.0 Å². The van der Waals surface area contributed by atoms with Crippen LogP contribution >= 0.6 is 0 Å². The van der Waals surface area contributed by atoms with Crippen LogP contribution in [0.1, 0.15) is 54.9 Å². The maximum Gasteiger partial charge on any atom is 0.219 e. The van der Waals surface area contributed by atoms with Gasteiger partial charge in [-0.15, -0.1) is 0 Å². The third-order valence-electron chi connectivity index (χ3n) is 4.55. The van der Waals surface area contributed by atoms with E-state index < -0.39 is 14.8 Å². The zero-order valence-electron chi connectivity index (χ0n) is 15.7. The van der Waals surface area contributed by atoms with Crippen LogP contribution in [0.5, 0.6) is 0 Å². The van der Waals surface area contributed by atoms with Gasteiger partial charge < -0.3 is 4.48 Å². The number of hydrogen-bond acceptors (Lipinski definition) is 2. The topological polar surface area (TPSA) is 37.4 Å². The Bertz CT molecular complexity index is 418. The Labute approximate surface area is 133 Å². The molecule has 0 aromatic heterocycles. The van der Waals surface area contributed by atoms with Crippen molar-refractivity contribution in [3.63, 3.8) is 0 Å². The van der Waals surface area contributed by atoms with Gasteiger partial charge in [-0.1, -0.05) is 20.8 Å². The lowest BCUT2D eigenvalue weighted by Crippen LogP contribution is -2.51. The Hall–Kier alpha value is -0.130. The van der Waals surface area contributed by atoms with E-state index in [4.69, 9.17) is 0 Å². The van der Waals surface area contributed by atoms with Crippen molar-refractivity contribution in [3.8, 4) is 0 Å². The number of hydrogen-bond donors (Lipinski definition) is 0. The minimum absolute atomic E-state index is 0.00513. The van der Waals surface area contributed by atoms with Crippen molar-refractivity contribution >= 4 is 10.0 Å². The van der Waals surface area contributed by atoms with Crippen LogP contribution in [0.3, 0.4) is 0 Å². The van der Waals surface area contributed by atoms with Gasteiger partial charge in [-0.2, -0.15) is 4.31 Å². The van der Waals surface area contributed by atoms with E-state index in [2.05, 4.69) is 41.7 Å². The smallest absolute Gasteiger partial charge is 0.219 e. The first-order valence-corrected chi connectivity index (χ1v) is 9.44. The van der Waals surface area contributed by atoms with Crippen molar-refractivity contribution in [2.75, 3.05) is 40.3 Å². The molecule has 0 rings (SSSR count). The molecular formula is C16H37N2O2S+. The molecule has 0 bridgehead atoms. The lowest BCUT2D eigenvalue weighted by Gasteiger charge is -2.37. The summed E-state index contributed by atoms with van der Waals surface area (Å²) >= 11 is 0. The molecule has 0 saturated heterocycles. The number of nitrogens with zero attached hydrogens (tertiary/aromatic N) is 2. The average molecular weight is 322 g/mol. The Morgan fingerprint density at radius 1 is 1.00 bits per heavy atom. The van der Waals surface area contributed by atoms with Crippen molar-refractivity contribution in [1.82, 2.24) is 4.31 Å². The van der Waals surface area contributed by atoms with Crippen LogP contribution in [0.25, 0.3) is 0 Å². The van der Waals surface area contributed by atoms with Gasteiger partial charge in [-0.05, 0) is 39.5 Å². The van der Waals surface area contributed by atoms with Gasteiger partial charge in [0.25, 0.3) is 0 Å². The zero-order valence-corrected chi connectivity index (χ0v) is 16.5. The lowest BCUT2D eigenvalue weighted by molar-refractivity contribution is -0.905. The molecule has 0 unspecified atom stereocenters. The third-order valence-corrected chi connectivity index (χ3v) is 7.09. The van der Waals surface area contributed by atoms with Gasteiger partial charge in [0.1, 0.15) is 0 Å². The van der Waals surface area contributed by atoms with Crippen LogP contribution in [0, 0.1) is 5.41 Å². The summed E-state index contributed by atoms with van der Waals surface area (Å²) in [5, 5.41) is 0. The summed E-state index contributed by atoms with van der Waals surface area (Å²) in [6.45, 7) is 17.7. The van der Waals surface area contributed by atoms with Crippen molar-refractivity contribution in [2.45, 2.75) is 59.6 Å². The lowest BCUT2D eigenvalue weighted by atomic mass is 9.86. The quantitative estimate of drug-likeness (QED) is 0.645. The molecule has 0 N–H and O–H groups in total. The van der Waals surface area contributed by atoms with E-state index in [-0.39, 0.29) is 5.41 Å². The molecule has 4 nitrogen and oxygen atoms in total. The van der Waals surface area contributed by atoms with Crippen LogP contribution in [-0.2, 0) is 10.0 Å². The van der Waals surface area contributed by atoms with Gasteiger partial charge in [0.05, 0.1) is 38.0 Å². The highest BCUT2D eigenvalue weighted by atomic mass is 32.2. The zero-order chi connectivity index (χ0) is 17.1. The highest BCUT2D eigenvalue weighted by Crippen LogP contribution is 2.33. The van der Waals surface area contributed by atoms with Crippen molar-refractivity contribution in [2.24, 2.45) is 5.41 Å². The summed E-state index contributed by atoms with van der Waals surface area (Å²) < 4.78 is 27.4. The second-order valence-electron chi connectivity index (χ2n) is 8.30. The summed E-state index contributed by atoms with van der Waals surface area (Å²) in [5.74, 6) is 0. The van der Waals surface area contributed by atoms with Gasteiger partial charge in [0.15, 0.2) is 0 Å². The normalized spacial score (nSPS) is 14.8. The Morgan fingerprint density at radius 2 is 1.43 bits per heavy atom. The van der Waals surface area contributed by atoms with E-state index in [1.807, 2.05) is 13.8 Å². The van der Waals surface area contributed by atoms with Gasteiger partial charge in [-0.25, -0.2) is 8.42 Å². The fraction of sp³-hybridized carbons (Fsp3) is 1.00. The standard InChI is InChI=1S/C16H37N2O2S/c1-10-18(9,11-2)13-12-17(8)21(19,20)16(6,7)14-15(3,4)5/h10-14H2,1-9H3/q+1. The molecule has 0 aromatic rings. The molecule has 0 aliphatic rings. The fourth-order valence-electron chi connectivity index (χ4n) is 2.83. The van der Waals surface area contributed by atoms with E-state index in [9.17, 15) is 8.42 Å². The van der Waals surface area contributed by atoms with E-state index >= 15 is 0 Å². The van der Waals surface area contributed by atoms with Gasteiger partial charge >= 0.3 is 0 Å². The minimum Gasteiger partial charge on any atom is -0.325 e. The number of quaternary nitrogens is 1. The fourth-order valence-corrected chi connectivity index (χ4v) is 4.61. The van der Waals surface area contributed by atoms with Crippen LogP contribution in [0.2, 0.25) is 0 Å². The van der Waals surface area contributed by atoms with Crippen LogP contribution in [0.15, 0.2) is 0 Å². The summed E-state index contributed by atoms with van der Waals surface area (Å²) in [5.41, 5.74) is -0.00513. The van der Waals surface area contributed by atoms with Gasteiger partial charge in [-0.3, -0.25) is 0 Å². The summed E-state index contributed by atoms with van der Waals surface area (Å²) in [7, 11) is 0.612. The molecule has 0 fully saturated rings. The molecule has 5 heteroatoms. The first kappa shape index (κ1) is 20.9. The molecule has 0 atom stereocenters. The van der Waals surface area contributed by atoms with Crippen LogP contribution in [0.4, 0.5) is 0 Å². The molecule has 128 valence electrons. The molecule has 0 spiro atoms. The summed E-state index contributed by atoms with van der Waals surface area (Å²) in [6, 6.07) is 0. The highest BCUT2D eigenvalue weighted by molar-refractivity contribution is 7.90. The van der Waals surface area contributed by atoms with Crippen LogP contribution in [-0.4, -0.2) is 62.2 Å². The second kappa shape index (κ2) is 6.97. The monoisotopic (exact) mass is 321 g/mol. The Balaban J connectivity index is 5.00. The third kappa shape index (κ3) is 5.87. The molecule has 0 heterocycles. The molecule has 0 amide bonds. The maximum absolute atomic E-state index is 12.8. The Kier molecular flexibility index (Phi) is 6.92. The molecule has 0 aliphatic heterocycles. The van der Waals surface area contributed by atoms with Crippen molar-refractivity contribution in [1.29, 1.82) is 0 Å². The van der Waals surface area contributed by atoms with E-state index in [0.717, 1.165) is 24.1 Å². The van der Waals surface area contributed by atoms with Gasteiger partial charge in [0, 0.05) is 7.05 Å². The minimum atomic E-state index is -3.29. The van der Waals surface area contributed by atoms with E-state index in [1.165, 1.54) is 0 Å². The number of likely N-dealkylation sites (N-methyl/N-ethyl adjacent to an activating group) is 2. The molecule has 0 aromatic carbocycles. The molecule has 0 saturated carbocycles. The largest absolute Gasteiger partial charge is 0.325 e. The molecule has 0 aliphatic carbocycles. The van der Waals surface area contributed by atoms with Crippen molar-refractivity contribution in [3.05, 3.63) is 0 Å². The predicted molar refractivity (Wildman–Crippen MR) is 91.8 cm³/mol. The first-order valence-electron chi connectivity index (χ1n) is 8.00. The number of rotatable bonds is 8. The SMILES string of the molecule is CC[N+](C)(CC)CCN(C)S(=O)(=O)C(C)(C)CC(C)(C)C. The van der Waals surface area contributed by atoms with Crippen LogP contribution < -0.4 is 0 Å². The molecule has 21 heavy (non-hydrogen) atoms. The maximum atomic E-state index is 12.8. The molecule has 0 radical (unpaired) electrons. The van der Waals surface area contributed by atoms with Gasteiger partial charge in [0.2, 0.25) is 10.0 Å². The molecular weight excluding hydrogens is 284 g/mol. The predicted octanol–water partition coefficient (Wildman–Crippen LogP) is 2.95. The summed E-state index contributed by atoms with van der Waals surface area (Å²) in [6.07, 6.45) is 0.653. The summed E-state index contributed by atoms with van der Waals surface area (Å²) in [4.78, 5) is 0. The van der Waals surface area contributed by atoms with Crippen molar-refractivity contribution < 1.29 is 12.9 Å². The Morgan fingerprint density at radius 3 is 1.76 bits per heavy atom.